The first-order valence-electron chi connectivity index (χ1n) is 10.8. The van der Waals surface area contributed by atoms with Crippen LogP contribution in [0.3, 0.4) is 0 Å². The minimum atomic E-state index is -0.278. The number of hydrogen-bond donors (Lipinski definition) is 0. The molecule has 0 unspecified atom stereocenters. The van der Waals surface area contributed by atoms with Crippen LogP contribution in [0, 0.1) is 17.1 Å². The lowest BCUT2D eigenvalue weighted by Crippen LogP contribution is -2.21. The second kappa shape index (κ2) is 9.54. The number of benzene rings is 1. The molecule has 0 saturated carbocycles. The smallest absolute Gasteiger partial charge is 0.191 e. The molecule has 4 heterocycles. The van der Waals surface area contributed by atoms with Crippen molar-refractivity contribution in [3.63, 3.8) is 0 Å². The van der Waals surface area contributed by atoms with Crippen molar-refractivity contribution in [3.05, 3.63) is 65.1 Å². The van der Waals surface area contributed by atoms with Crippen LogP contribution < -0.4 is 4.90 Å². The second-order valence-corrected chi connectivity index (χ2v) is 9.55. The van der Waals surface area contributed by atoms with Gasteiger partial charge in [0.2, 0.25) is 0 Å². The molecule has 0 bridgehead atoms. The van der Waals surface area contributed by atoms with E-state index < -0.39 is 0 Å². The fourth-order valence-electron chi connectivity index (χ4n) is 3.98. The molecule has 0 saturated heterocycles. The van der Waals surface area contributed by atoms with Gasteiger partial charge in [-0.05, 0) is 54.6 Å². The SMILES string of the molecule is CSN1CC=C(c2ccc3nc(CC#N)c(N(C)c4nc(-c5ccc(F)cc5)cs4)n3n2)CC1. The summed E-state index contributed by atoms with van der Waals surface area (Å²) in [6.07, 6.45) is 5.41. The van der Waals surface area contributed by atoms with Crippen LogP contribution >= 0.6 is 23.3 Å². The van der Waals surface area contributed by atoms with E-state index in [0.29, 0.717) is 11.3 Å². The van der Waals surface area contributed by atoms with E-state index in [9.17, 15) is 9.65 Å². The third kappa shape index (κ3) is 4.30. The van der Waals surface area contributed by atoms with Crippen molar-refractivity contribution in [2.24, 2.45) is 0 Å². The first-order chi connectivity index (χ1) is 16.6. The number of halogens is 1. The minimum Gasteiger partial charge on any atom is -0.304 e. The number of nitriles is 1. The van der Waals surface area contributed by atoms with Crippen LogP contribution in [0.2, 0.25) is 0 Å². The van der Waals surface area contributed by atoms with Crippen LogP contribution in [0.25, 0.3) is 22.5 Å². The van der Waals surface area contributed by atoms with Crippen molar-refractivity contribution < 1.29 is 4.39 Å². The maximum Gasteiger partial charge on any atom is 0.191 e. The predicted molar refractivity (Wildman–Crippen MR) is 136 cm³/mol. The maximum absolute atomic E-state index is 13.3. The Bertz CT molecular complexity index is 1400. The predicted octanol–water partition coefficient (Wildman–Crippen LogP) is 5.19. The monoisotopic (exact) mass is 491 g/mol. The number of aromatic nitrogens is 4. The van der Waals surface area contributed by atoms with Gasteiger partial charge >= 0.3 is 0 Å². The molecule has 10 heteroatoms. The van der Waals surface area contributed by atoms with E-state index in [2.05, 4.69) is 27.7 Å². The molecule has 3 aromatic heterocycles. The molecule has 0 N–H and O–H groups in total. The van der Waals surface area contributed by atoms with Gasteiger partial charge in [-0.25, -0.2) is 18.7 Å². The van der Waals surface area contributed by atoms with Crippen LogP contribution in [0.1, 0.15) is 17.8 Å². The Balaban J connectivity index is 1.53. The molecule has 0 fully saturated rings. The number of hydrogen-bond acceptors (Lipinski definition) is 8. The molecule has 5 rings (SSSR count). The third-order valence-corrected chi connectivity index (χ3v) is 7.53. The number of anilines is 2. The van der Waals surface area contributed by atoms with Gasteiger partial charge in [0.25, 0.3) is 0 Å². The average molecular weight is 492 g/mol. The quantitative estimate of drug-likeness (QED) is 0.344. The highest BCUT2D eigenvalue weighted by Crippen LogP contribution is 2.34. The molecule has 0 amide bonds. The van der Waals surface area contributed by atoms with Crippen LogP contribution in [-0.4, -0.2) is 50.3 Å². The topological polar surface area (TPSA) is 73.4 Å². The number of rotatable bonds is 6. The van der Waals surface area contributed by atoms with Gasteiger partial charge in [0, 0.05) is 31.1 Å². The minimum absolute atomic E-state index is 0.167. The van der Waals surface area contributed by atoms with Crippen LogP contribution in [0.4, 0.5) is 15.3 Å². The molecule has 1 aliphatic rings. The van der Waals surface area contributed by atoms with Gasteiger partial charge in [0.1, 0.15) is 5.82 Å². The summed E-state index contributed by atoms with van der Waals surface area (Å²) < 4.78 is 17.4. The van der Waals surface area contributed by atoms with Crippen molar-refractivity contribution in [1.29, 1.82) is 5.26 Å². The summed E-state index contributed by atoms with van der Waals surface area (Å²) in [6.45, 7) is 1.87. The Labute approximate surface area is 205 Å². The van der Waals surface area contributed by atoms with Crippen LogP contribution in [0.15, 0.2) is 47.9 Å². The van der Waals surface area contributed by atoms with Gasteiger partial charge in [-0.1, -0.05) is 18.0 Å². The molecule has 7 nitrogen and oxygen atoms in total. The largest absolute Gasteiger partial charge is 0.304 e. The fraction of sp³-hybridized carbons (Fsp3) is 0.250. The second-order valence-electron chi connectivity index (χ2n) is 7.84. The summed E-state index contributed by atoms with van der Waals surface area (Å²) in [5.41, 5.74) is 5.07. The maximum atomic E-state index is 13.3. The lowest BCUT2D eigenvalue weighted by atomic mass is 10.1. The highest BCUT2D eigenvalue weighted by atomic mass is 32.2. The first-order valence-corrected chi connectivity index (χ1v) is 12.8. The van der Waals surface area contributed by atoms with Gasteiger partial charge in [-0.15, -0.1) is 11.3 Å². The first kappa shape index (κ1) is 22.5. The fourth-order valence-corrected chi connectivity index (χ4v) is 5.28. The summed E-state index contributed by atoms with van der Waals surface area (Å²) in [7, 11) is 1.90. The van der Waals surface area contributed by atoms with Gasteiger partial charge < -0.3 is 4.90 Å². The summed E-state index contributed by atoms with van der Waals surface area (Å²) in [5.74, 6) is 0.444. The molecule has 0 spiro atoms. The zero-order valence-corrected chi connectivity index (χ0v) is 20.4. The lowest BCUT2D eigenvalue weighted by Gasteiger charge is -2.23. The average Bonchev–Trinajstić information content (AvgIpc) is 3.49. The molecule has 4 aromatic rings. The Morgan fingerprint density at radius 2 is 2.00 bits per heavy atom. The zero-order chi connectivity index (χ0) is 23.7. The van der Waals surface area contributed by atoms with E-state index >= 15 is 0 Å². The standard InChI is InChI=1S/C24H22FN7S2/c1-30(24-28-21(15-34-24)16-3-5-18(25)6-4-16)23-20(9-12-26)27-22-8-7-19(29-32(22)23)17-10-13-31(33-2)14-11-17/h3-8,10,15H,9,11,13-14H2,1-2H3. The molecular formula is C24H22FN7S2. The highest BCUT2D eigenvalue weighted by molar-refractivity contribution is 7.96. The van der Waals surface area contributed by atoms with Gasteiger partial charge in [-0.2, -0.15) is 14.9 Å². The summed E-state index contributed by atoms with van der Waals surface area (Å²) in [4.78, 5) is 11.4. The van der Waals surface area contributed by atoms with Gasteiger partial charge in [-0.3, -0.25) is 0 Å². The van der Waals surface area contributed by atoms with E-state index in [0.717, 1.165) is 47.4 Å². The van der Waals surface area contributed by atoms with Gasteiger partial charge in [0.15, 0.2) is 16.6 Å². The van der Waals surface area contributed by atoms with Crippen LogP contribution in [-0.2, 0) is 6.42 Å². The summed E-state index contributed by atoms with van der Waals surface area (Å²) in [6, 6.07) is 12.5. The zero-order valence-electron chi connectivity index (χ0n) is 18.8. The van der Waals surface area contributed by atoms with Crippen molar-refractivity contribution in [3.8, 4) is 17.3 Å². The van der Waals surface area contributed by atoms with E-state index in [-0.39, 0.29) is 12.2 Å². The third-order valence-electron chi connectivity index (χ3n) is 5.77. The normalized spacial score (nSPS) is 14.2. The molecule has 172 valence electrons. The molecule has 0 atom stereocenters. The Hall–Kier alpha value is -3.26. The number of nitrogens with zero attached hydrogens (tertiary/aromatic N) is 7. The highest BCUT2D eigenvalue weighted by Gasteiger charge is 2.22. The number of imidazole rings is 1. The molecule has 1 aromatic carbocycles. The van der Waals surface area contributed by atoms with Crippen LogP contribution in [0.5, 0.6) is 0 Å². The van der Waals surface area contributed by atoms with E-state index in [1.807, 2.05) is 34.0 Å². The van der Waals surface area contributed by atoms with Crippen molar-refractivity contribution in [2.45, 2.75) is 12.8 Å². The Morgan fingerprint density at radius 1 is 1.18 bits per heavy atom. The number of fused-ring (bicyclic) bond motifs is 1. The lowest BCUT2D eigenvalue weighted by molar-refractivity contribution is 0.517. The van der Waals surface area contributed by atoms with Gasteiger partial charge in [0.05, 0.1) is 29.6 Å². The summed E-state index contributed by atoms with van der Waals surface area (Å²) >= 11 is 3.23. The van der Waals surface area contributed by atoms with Crippen molar-refractivity contribution in [2.75, 3.05) is 31.3 Å². The van der Waals surface area contributed by atoms with E-state index in [4.69, 9.17) is 10.1 Å². The number of thiazole rings is 1. The van der Waals surface area contributed by atoms with Crippen molar-refractivity contribution in [1.82, 2.24) is 23.9 Å². The molecule has 0 radical (unpaired) electrons. The summed E-state index contributed by atoms with van der Waals surface area (Å²) in [5, 5.41) is 17.0. The van der Waals surface area contributed by atoms with E-state index in [1.54, 1.807) is 24.1 Å². The Kier molecular flexibility index (Phi) is 6.32. The molecular weight excluding hydrogens is 469 g/mol. The Morgan fingerprint density at radius 3 is 2.71 bits per heavy atom. The molecule has 1 aliphatic heterocycles. The van der Waals surface area contributed by atoms with Crippen molar-refractivity contribution >= 4 is 45.5 Å². The molecule has 34 heavy (non-hydrogen) atoms. The van der Waals surface area contributed by atoms with E-state index in [1.165, 1.54) is 29.0 Å². The molecule has 0 aliphatic carbocycles.